The first-order chi connectivity index (χ1) is 9.38. The van der Waals surface area contributed by atoms with Gasteiger partial charge < -0.3 is 10.4 Å². The van der Waals surface area contributed by atoms with Crippen molar-refractivity contribution in [3.8, 4) is 0 Å². The van der Waals surface area contributed by atoms with Gasteiger partial charge in [0.05, 0.1) is 6.20 Å². The van der Waals surface area contributed by atoms with Crippen molar-refractivity contribution in [3.63, 3.8) is 0 Å². The quantitative estimate of drug-likeness (QED) is 0.877. The van der Waals surface area contributed by atoms with Crippen LogP contribution in [0.1, 0.15) is 18.1 Å². The van der Waals surface area contributed by atoms with E-state index in [1.165, 1.54) is 6.07 Å². The van der Waals surface area contributed by atoms with Crippen LogP contribution < -0.4 is 5.32 Å². The van der Waals surface area contributed by atoms with Crippen LogP contribution in [0.2, 0.25) is 0 Å². The summed E-state index contributed by atoms with van der Waals surface area (Å²) in [4.78, 5) is 0. The van der Waals surface area contributed by atoms with E-state index in [2.05, 4.69) is 10.4 Å². The van der Waals surface area contributed by atoms with Gasteiger partial charge in [0.25, 0.3) is 0 Å². The van der Waals surface area contributed by atoms with Gasteiger partial charge in [-0.15, -0.1) is 0 Å². The second-order valence-corrected chi connectivity index (χ2v) is 5.03. The summed E-state index contributed by atoms with van der Waals surface area (Å²) < 4.78 is 27.4. The number of aliphatic hydroxyl groups is 1. The zero-order valence-electron chi connectivity index (χ0n) is 11.4. The van der Waals surface area contributed by atoms with Gasteiger partial charge in [-0.2, -0.15) is 5.10 Å². The summed E-state index contributed by atoms with van der Waals surface area (Å²) >= 11 is 0. The maximum atomic E-state index is 13.0. The summed E-state index contributed by atoms with van der Waals surface area (Å²) in [6.45, 7) is 2.29. The number of nitrogens with one attached hydrogen (secondary N) is 1. The Bertz CT molecular complexity index is 596. The second-order valence-electron chi connectivity index (χ2n) is 5.03. The third-order valence-electron chi connectivity index (χ3n) is 3.11. The summed E-state index contributed by atoms with van der Waals surface area (Å²) in [6, 6.07) is 3.73. The summed E-state index contributed by atoms with van der Waals surface area (Å²) in [5.74, 6) is -1.74. The number of benzene rings is 1. The van der Waals surface area contributed by atoms with E-state index in [0.29, 0.717) is 17.7 Å². The Kier molecular flexibility index (Phi) is 4.15. The Morgan fingerprint density at radius 3 is 2.70 bits per heavy atom. The maximum Gasteiger partial charge on any atom is 0.159 e. The van der Waals surface area contributed by atoms with Crippen LogP contribution in [0.25, 0.3) is 0 Å². The molecule has 1 aromatic carbocycles. The minimum Gasteiger partial charge on any atom is -0.384 e. The highest BCUT2D eigenvalue weighted by molar-refractivity contribution is 5.18. The van der Waals surface area contributed by atoms with Crippen molar-refractivity contribution in [2.75, 3.05) is 6.54 Å². The fourth-order valence-corrected chi connectivity index (χ4v) is 1.90. The van der Waals surface area contributed by atoms with E-state index in [-0.39, 0.29) is 6.54 Å². The molecular weight excluding hydrogens is 264 g/mol. The lowest BCUT2D eigenvalue weighted by Crippen LogP contribution is -2.34. The van der Waals surface area contributed by atoms with Crippen molar-refractivity contribution >= 4 is 0 Å². The molecular formula is C14H17F2N3O. The molecule has 0 spiro atoms. The van der Waals surface area contributed by atoms with Crippen LogP contribution in [-0.4, -0.2) is 21.4 Å². The minimum atomic E-state index is -1.08. The SMILES string of the molecule is Cn1cc(C(C)(O)CNCc2ccc(F)c(F)c2)cn1. The van der Waals surface area contributed by atoms with Crippen molar-refractivity contribution in [1.82, 2.24) is 15.1 Å². The molecule has 1 unspecified atom stereocenters. The molecule has 2 aromatic rings. The number of hydrogen-bond acceptors (Lipinski definition) is 3. The van der Waals surface area contributed by atoms with Gasteiger partial charge >= 0.3 is 0 Å². The van der Waals surface area contributed by atoms with E-state index >= 15 is 0 Å². The number of halogens is 2. The predicted molar refractivity (Wildman–Crippen MR) is 70.8 cm³/mol. The average molecular weight is 281 g/mol. The average Bonchev–Trinajstić information content (AvgIpc) is 2.81. The minimum absolute atomic E-state index is 0.275. The second kappa shape index (κ2) is 5.68. The number of rotatable bonds is 5. The first-order valence-electron chi connectivity index (χ1n) is 6.24. The Balaban J connectivity index is 1.93. The first-order valence-corrected chi connectivity index (χ1v) is 6.24. The van der Waals surface area contributed by atoms with Crippen LogP contribution in [0, 0.1) is 11.6 Å². The van der Waals surface area contributed by atoms with Gasteiger partial charge in [0.15, 0.2) is 11.6 Å². The number of nitrogens with zero attached hydrogens (tertiary/aromatic N) is 2. The molecule has 0 radical (unpaired) electrons. The van der Waals surface area contributed by atoms with Crippen LogP contribution in [0.15, 0.2) is 30.6 Å². The lowest BCUT2D eigenvalue weighted by molar-refractivity contribution is 0.0566. The highest BCUT2D eigenvalue weighted by Gasteiger charge is 2.24. The largest absolute Gasteiger partial charge is 0.384 e. The molecule has 0 bridgehead atoms. The van der Waals surface area contributed by atoms with Crippen molar-refractivity contribution in [1.29, 1.82) is 0 Å². The van der Waals surface area contributed by atoms with Gasteiger partial charge in [0.1, 0.15) is 5.60 Å². The third kappa shape index (κ3) is 3.40. The number of hydrogen-bond donors (Lipinski definition) is 2. The first kappa shape index (κ1) is 14.6. The fourth-order valence-electron chi connectivity index (χ4n) is 1.90. The summed E-state index contributed by atoms with van der Waals surface area (Å²) in [5.41, 5.74) is 0.232. The van der Waals surface area contributed by atoms with Crippen LogP contribution >= 0.6 is 0 Å². The Morgan fingerprint density at radius 2 is 2.10 bits per heavy atom. The summed E-state index contributed by atoms with van der Waals surface area (Å²) in [5, 5.41) is 17.4. The van der Waals surface area contributed by atoms with E-state index < -0.39 is 17.2 Å². The molecule has 2 N–H and O–H groups in total. The summed E-state index contributed by atoms with van der Waals surface area (Å²) in [6.07, 6.45) is 3.33. The van der Waals surface area contributed by atoms with Gasteiger partial charge in [-0.05, 0) is 24.6 Å². The molecule has 0 amide bonds. The molecule has 1 heterocycles. The van der Waals surface area contributed by atoms with Crippen LogP contribution in [-0.2, 0) is 19.2 Å². The van der Waals surface area contributed by atoms with E-state index in [0.717, 1.165) is 12.1 Å². The molecule has 20 heavy (non-hydrogen) atoms. The van der Waals surface area contributed by atoms with E-state index in [4.69, 9.17) is 0 Å². The number of aryl methyl sites for hydroxylation is 1. The zero-order chi connectivity index (χ0) is 14.8. The topological polar surface area (TPSA) is 50.1 Å². The molecule has 6 heteroatoms. The zero-order valence-corrected chi connectivity index (χ0v) is 11.4. The molecule has 4 nitrogen and oxygen atoms in total. The Labute approximate surface area is 116 Å². The third-order valence-corrected chi connectivity index (χ3v) is 3.11. The fraction of sp³-hybridized carbons (Fsp3) is 0.357. The molecule has 0 aliphatic carbocycles. The van der Waals surface area contributed by atoms with E-state index in [9.17, 15) is 13.9 Å². The van der Waals surface area contributed by atoms with Gasteiger partial charge in [-0.3, -0.25) is 4.68 Å². The van der Waals surface area contributed by atoms with Crippen LogP contribution in [0.4, 0.5) is 8.78 Å². The van der Waals surface area contributed by atoms with Gasteiger partial charge in [0, 0.05) is 31.9 Å². The van der Waals surface area contributed by atoms with Crippen molar-refractivity contribution < 1.29 is 13.9 Å². The lowest BCUT2D eigenvalue weighted by atomic mass is 9.99. The van der Waals surface area contributed by atoms with Crippen molar-refractivity contribution in [3.05, 3.63) is 53.4 Å². The van der Waals surface area contributed by atoms with Gasteiger partial charge in [-0.25, -0.2) is 8.78 Å². The van der Waals surface area contributed by atoms with Gasteiger partial charge in [-0.1, -0.05) is 6.07 Å². The molecule has 1 aromatic heterocycles. The lowest BCUT2D eigenvalue weighted by Gasteiger charge is -2.22. The Morgan fingerprint density at radius 1 is 1.35 bits per heavy atom. The molecule has 2 rings (SSSR count). The smallest absolute Gasteiger partial charge is 0.159 e. The van der Waals surface area contributed by atoms with E-state index in [1.807, 2.05) is 0 Å². The van der Waals surface area contributed by atoms with Crippen molar-refractivity contribution in [2.24, 2.45) is 7.05 Å². The standard InChI is InChI=1S/C14H17F2N3O/c1-14(20,11-7-18-19(2)8-11)9-17-6-10-3-4-12(15)13(16)5-10/h3-5,7-8,17,20H,6,9H2,1-2H3. The molecule has 1 atom stereocenters. The van der Waals surface area contributed by atoms with Crippen LogP contribution in [0.5, 0.6) is 0 Å². The van der Waals surface area contributed by atoms with Crippen molar-refractivity contribution in [2.45, 2.75) is 19.1 Å². The highest BCUT2D eigenvalue weighted by atomic mass is 19.2. The number of aromatic nitrogens is 2. The maximum absolute atomic E-state index is 13.0. The molecule has 0 aliphatic rings. The van der Waals surface area contributed by atoms with Gasteiger partial charge in [0.2, 0.25) is 0 Å². The van der Waals surface area contributed by atoms with Crippen LogP contribution in [0.3, 0.4) is 0 Å². The monoisotopic (exact) mass is 281 g/mol. The molecule has 0 saturated carbocycles. The Hall–Kier alpha value is -1.79. The molecule has 108 valence electrons. The normalized spacial score (nSPS) is 14.2. The summed E-state index contributed by atoms with van der Waals surface area (Å²) in [7, 11) is 1.77. The highest BCUT2D eigenvalue weighted by Crippen LogP contribution is 2.18. The molecule has 0 fully saturated rings. The molecule has 0 aliphatic heterocycles. The molecule has 0 saturated heterocycles. The van der Waals surface area contributed by atoms with E-state index in [1.54, 1.807) is 31.0 Å². The predicted octanol–water partition coefficient (Wildman–Crippen LogP) is 1.70.